The van der Waals surface area contributed by atoms with E-state index in [0.717, 1.165) is 29.3 Å². The number of H-pyrrole nitrogens is 1. The normalized spacial score (nSPS) is 15.2. The van der Waals surface area contributed by atoms with Crippen molar-refractivity contribution in [3.63, 3.8) is 0 Å². The van der Waals surface area contributed by atoms with Crippen molar-refractivity contribution in [3.05, 3.63) is 83.3 Å². The summed E-state index contributed by atoms with van der Waals surface area (Å²) in [5, 5.41) is 4.18. The van der Waals surface area contributed by atoms with Gasteiger partial charge in [-0.15, -0.1) is 0 Å². The Morgan fingerprint density at radius 3 is 2.82 bits per heavy atom. The van der Waals surface area contributed by atoms with E-state index >= 15 is 0 Å². The molecule has 0 saturated carbocycles. The van der Waals surface area contributed by atoms with Crippen LogP contribution < -0.4 is 14.8 Å². The average molecular weight is 442 g/mol. The highest BCUT2D eigenvalue weighted by molar-refractivity contribution is 6.12. The van der Waals surface area contributed by atoms with Gasteiger partial charge in [0.25, 0.3) is 5.91 Å². The zero-order valence-corrected chi connectivity index (χ0v) is 18.9. The molecule has 1 aliphatic carbocycles. The summed E-state index contributed by atoms with van der Waals surface area (Å²) in [6.45, 7) is 2.67. The van der Waals surface area contributed by atoms with E-state index in [1.165, 1.54) is 17.7 Å². The smallest absolute Gasteiger partial charge is 0.257 e. The third kappa shape index (κ3) is 4.29. The average Bonchev–Trinajstić information content (AvgIpc) is 3.21. The SMILES string of the molecule is COc1ccc(NC(=O)c2cccc3c4c([nH]c23)CCC(C)C4)cc1OCc1ccncc1. The van der Waals surface area contributed by atoms with Crippen molar-refractivity contribution in [3.8, 4) is 11.5 Å². The van der Waals surface area contributed by atoms with E-state index in [4.69, 9.17) is 9.47 Å². The number of pyridine rings is 1. The first-order chi connectivity index (χ1) is 16.1. The van der Waals surface area contributed by atoms with Crippen LogP contribution >= 0.6 is 0 Å². The second-order valence-electron chi connectivity index (χ2n) is 8.62. The molecule has 6 heteroatoms. The fraction of sp³-hybridized carbons (Fsp3) is 0.259. The third-order valence-corrected chi connectivity index (χ3v) is 6.28. The minimum absolute atomic E-state index is 0.155. The van der Waals surface area contributed by atoms with Crippen molar-refractivity contribution in [2.24, 2.45) is 5.92 Å². The van der Waals surface area contributed by atoms with Gasteiger partial charge in [0, 0.05) is 35.2 Å². The van der Waals surface area contributed by atoms with Crippen molar-refractivity contribution in [2.75, 3.05) is 12.4 Å². The fourth-order valence-electron chi connectivity index (χ4n) is 4.51. The highest BCUT2D eigenvalue weighted by atomic mass is 16.5. The number of anilines is 1. The summed E-state index contributed by atoms with van der Waals surface area (Å²) >= 11 is 0. The van der Waals surface area contributed by atoms with Crippen molar-refractivity contribution >= 4 is 22.5 Å². The maximum Gasteiger partial charge on any atom is 0.257 e. The molecule has 5 rings (SSSR count). The van der Waals surface area contributed by atoms with Gasteiger partial charge in [-0.25, -0.2) is 0 Å². The van der Waals surface area contributed by atoms with E-state index < -0.39 is 0 Å². The summed E-state index contributed by atoms with van der Waals surface area (Å²) in [4.78, 5) is 20.8. The van der Waals surface area contributed by atoms with Gasteiger partial charge in [-0.3, -0.25) is 9.78 Å². The van der Waals surface area contributed by atoms with E-state index in [2.05, 4.69) is 28.3 Å². The van der Waals surface area contributed by atoms with Crippen LogP contribution in [0.3, 0.4) is 0 Å². The van der Waals surface area contributed by atoms with Gasteiger partial charge in [-0.2, -0.15) is 0 Å². The molecular formula is C27H27N3O3. The summed E-state index contributed by atoms with van der Waals surface area (Å²) in [6, 6.07) is 15.1. The van der Waals surface area contributed by atoms with E-state index in [0.29, 0.717) is 35.3 Å². The molecule has 33 heavy (non-hydrogen) atoms. The predicted molar refractivity (Wildman–Crippen MR) is 129 cm³/mol. The molecule has 2 aromatic heterocycles. The molecule has 2 heterocycles. The molecule has 6 nitrogen and oxygen atoms in total. The van der Waals surface area contributed by atoms with E-state index in [1.807, 2.05) is 30.3 Å². The monoisotopic (exact) mass is 441 g/mol. The van der Waals surface area contributed by atoms with Gasteiger partial charge in [0.15, 0.2) is 11.5 Å². The number of methoxy groups -OCH3 is 1. The summed E-state index contributed by atoms with van der Waals surface area (Å²) in [5.41, 5.74) is 5.82. The Hall–Kier alpha value is -3.80. The predicted octanol–water partition coefficient (Wildman–Crippen LogP) is 5.53. The Labute approximate surface area is 193 Å². The van der Waals surface area contributed by atoms with Crippen LogP contribution in [0.1, 0.15) is 40.5 Å². The number of nitrogens with one attached hydrogen (secondary N) is 2. The molecule has 1 atom stereocenters. The number of ether oxygens (including phenoxy) is 2. The van der Waals surface area contributed by atoms with Gasteiger partial charge in [0.05, 0.1) is 18.2 Å². The Balaban J connectivity index is 1.39. The first-order valence-electron chi connectivity index (χ1n) is 11.3. The maximum atomic E-state index is 13.2. The Bertz CT molecular complexity index is 1300. The highest BCUT2D eigenvalue weighted by Crippen LogP contribution is 2.34. The molecule has 1 unspecified atom stereocenters. The molecule has 2 N–H and O–H groups in total. The van der Waals surface area contributed by atoms with Crippen molar-refractivity contribution in [1.29, 1.82) is 0 Å². The molecule has 0 bridgehead atoms. The van der Waals surface area contributed by atoms with E-state index in [1.54, 1.807) is 31.6 Å². The molecule has 2 aromatic carbocycles. The Kier molecular flexibility index (Phi) is 5.73. The molecule has 0 radical (unpaired) electrons. The van der Waals surface area contributed by atoms with Crippen LogP contribution in [-0.4, -0.2) is 23.0 Å². The van der Waals surface area contributed by atoms with E-state index in [9.17, 15) is 4.79 Å². The van der Waals surface area contributed by atoms with Gasteiger partial charge < -0.3 is 19.8 Å². The molecule has 0 fully saturated rings. The summed E-state index contributed by atoms with van der Waals surface area (Å²) in [6.07, 6.45) is 6.72. The second-order valence-corrected chi connectivity index (χ2v) is 8.62. The molecule has 0 spiro atoms. The minimum atomic E-state index is -0.155. The Morgan fingerprint density at radius 2 is 2.00 bits per heavy atom. The number of aromatic nitrogens is 2. The molecule has 168 valence electrons. The van der Waals surface area contributed by atoms with Gasteiger partial charge in [-0.1, -0.05) is 19.1 Å². The number of fused-ring (bicyclic) bond motifs is 3. The molecular weight excluding hydrogens is 414 g/mol. The summed E-state index contributed by atoms with van der Waals surface area (Å²) in [5.74, 6) is 1.68. The first kappa shape index (κ1) is 21.1. The van der Waals surface area contributed by atoms with Crippen LogP contribution in [0.2, 0.25) is 0 Å². The number of benzene rings is 2. The van der Waals surface area contributed by atoms with Crippen LogP contribution in [0.15, 0.2) is 60.9 Å². The first-order valence-corrected chi connectivity index (χ1v) is 11.3. The standard InChI is InChI=1S/C27H27N3O3/c1-17-6-8-23-22(14-17)20-4-3-5-21(26(20)30-23)27(31)29-19-7-9-24(32-2)25(15-19)33-16-18-10-12-28-13-11-18/h3-5,7,9-13,15,17,30H,6,8,14,16H2,1-2H3,(H,29,31). The number of nitrogens with zero attached hydrogens (tertiary/aromatic N) is 1. The molecule has 0 aliphatic heterocycles. The molecule has 1 amide bonds. The lowest BCUT2D eigenvalue weighted by molar-refractivity contribution is 0.102. The zero-order valence-electron chi connectivity index (χ0n) is 18.9. The number of aromatic amines is 1. The van der Waals surface area contributed by atoms with Crippen LogP contribution in [0, 0.1) is 5.92 Å². The summed E-state index contributed by atoms with van der Waals surface area (Å²) < 4.78 is 11.4. The largest absolute Gasteiger partial charge is 0.493 e. The van der Waals surface area contributed by atoms with Gasteiger partial charge in [0.1, 0.15) is 6.61 Å². The second kappa shape index (κ2) is 8.98. The lowest BCUT2D eigenvalue weighted by atomic mass is 9.87. The number of rotatable bonds is 6. The third-order valence-electron chi connectivity index (χ3n) is 6.28. The van der Waals surface area contributed by atoms with Crippen molar-refractivity contribution in [1.82, 2.24) is 9.97 Å². The van der Waals surface area contributed by atoms with Crippen LogP contribution in [0.4, 0.5) is 5.69 Å². The maximum absolute atomic E-state index is 13.2. The number of hydrogen-bond donors (Lipinski definition) is 2. The molecule has 4 aromatic rings. The van der Waals surface area contributed by atoms with Crippen molar-refractivity contribution in [2.45, 2.75) is 32.8 Å². The van der Waals surface area contributed by atoms with E-state index in [-0.39, 0.29) is 5.91 Å². The number of para-hydroxylation sites is 1. The minimum Gasteiger partial charge on any atom is -0.493 e. The highest BCUT2D eigenvalue weighted by Gasteiger charge is 2.22. The molecule has 1 aliphatic rings. The fourth-order valence-corrected chi connectivity index (χ4v) is 4.51. The number of carbonyl (C=O) groups excluding carboxylic acids is 1. The lowest BCUT2D eigenvalue weighted by Crippen LogP contribution is -2.12. The number of carbonyl (C=O) groups is 1. The zero-order chi connectivity index (χ0) is 22.8. The van der Waals surface area contributed by atoms with Gasteiger partial charge >= 0.3 is 0 Å². The van der Waals surface area contributed by atoms with Crippen molar-refractivity contribution < 1.29 is 14.3 Å². The topological polar surface area (TPSA) is 76.2 Å². The lowest BCUT2D eigenvalue weighted by Gasteiger charge is -2.17. The van der Waals surface area contributed by atoms with Gasteiger partial charge in [-0.05, 0) is 66.6 Å². The Morgan fingerprint density at radius 1 is 1.15 bits per heavy atom. The van der Waals surface area contributed by atoms with Crippen LogP contribution in [0.5, 0.6) is 11.5 Å². The van der Waals surface area contributed by atoms with Gasteiger partial charge in [0.2, 0.25) is 0 Å². The summed E-state index contributed by atoms with van der Waals surface area (Å²) in [7, 11) is 1.60. The molecule has 0 saturated heterocycles. The van der Waals surface area contributed by atoms with Crippen LogP contribution in [-0.2, 0) is 19.4 Å². The number of amides is 1. The quantitative estimate of drug-likeness (QED) is 0.413. The number of aryl methyl sites for hydroxylation is 1. The van der Waals surface area contributed by atoms with Crippen LogP contribution in [0.25, 0.3) is 10.9 Å². The number of hydrogen-bond acceptors (Lipinski definition) is 4.